The summed E-state index contributed by atoms with van der Waals surface area (Å²) in [5, 5.41) is 2.99. The Morgan fingerprint density at radius 3 is 2.53 bits per heavy atom. The minimum atomic E-state index is -4.55. The predicted molar refractivity (Wildman–Crippen MR) is 59.6 cm³/mol. The molecule has 1 N–H and O–H groups in total. The summed E-state index contributed by atoms with van der Waals surface area (Å²) in [6.07, 6.45) is -4.55. The fourth-order valence-corrected chi connectivity index (χ4v) is 1.62. The number of alkyl halides is 3. The average molecular weight is 247 g/mol. The van der Waals surface area contributed by atoms with Crippen LogP contribution < -0.4 is 5.32 Å². The lowest BCUT2D eigenvalue weighted by molar-refractivity contribution is -0.323. The Morgan fingerprint density at radius 2 is 1.94 bits per heavy atom. The fourth-order valence-electron chi connectivity index (χ4n) is 1.62. The number of hydrogen-bond donors (Lipinski definition) is 1. The second kappa shape index (κ2) is 6.02. The molecule has 2 nitrogen and oxygen atoms in total. The summed E-state index contributed by atoms with van der Waals surface area (Å²) in [5.41, 5.74) is 2.20. The largest absolute Gasteiger partial charge is 0.522 e. The van der Waals surface area contributed by atoms with Gasteiger partial charge in [0, 0.05) is 12.6 Å². The maximum absolute atomic E-state index is 11.7. The van der Waals surface area contributed by atoms with Gasteiger partial charge in [-0.3, -0.25) is 4.74 Å². The van der Waals surface area contributed by atoms with Gasteiger partial charge in [-0.1, -0.05) is 24.3 Å². The first kappa shape index (κ1) is 14.0. The molecule has 5 heteroatoms. The van der Waals surface area contributed by atoms with E-state index < -0.39 is 6.36 Å². The molecule has 1 aromatic carbocycles. The van der Waals surface area contributed by atoms with Crippen molar-refractivity contribution in [3.8, 4) is 0 Å². The third kappa shape index (κ3) is 5.19. The first-order valence-corrected chi connectivity index (χ1v) is 5.40. The van der Waals surface area contributed by atoms with Crippen molar-refractivity contribution in [2.75, 3.05) is 13.2 Å². The van der Waals surface area contributed by atoms with E-state index in [4.69, 9.17) is 0 Å². The van der Waals surface area contributed by atoms with Gasteiger partial charge in [0.25, 0.3) is 0 Å². The summed E-state index contributed by atoms with van der Waals surface area (Å²) < 4.78 is 38.8. The number of halogens is 3. The van der Waals surface area contributed by atoms with Crippen LogP contribution in [0.5, 0.6) is 0 Å². The monoisotopic (exact) mass is 247 g/mol. The van der Waals surface area contributed by atoms with Gasteiger partial charge >= 0.3 is 6.36 Å². The number of rotatable bonds is 5. The molecule has 0 aliphatic heterocycles. The molecule has 0 saturated carbocycles. The number of hydrogen-bond acceptors (Lipinski definition) is 2. The van der Waals surface area contributed by atoms with Crippen molar-refractivity contribution in [1.82, 2.24) is 5.32 Å². The van der Waals surface area contributed by atoms with Gasteiger partial charge in [0.05, 0.1) is 6.61 Å². The van der Waals surface area contributed by atoms with Crippen molar-refractivity contribution in [3.63, 3.8) is 0 Å². The zero-order valence-corrected chi connectivity index (χ0v) is 9.84. The summed E-state index contributed by atoms with van der Waals surface area (Å²) in [6.45, 7) is 3.67. The Morgan fingerprint density at radius 1 is 1.29 bits per heavy atom. The van der Waals surface area contributed by atoms with Crippen molar-refractivity contribution in [3.05, 3.63) is 35.4 Å². The normalized spacial score (nSPS) is 13.7. The van der Waals surface area contributed by atoms with Gasteiger partial charge in [-0.2, -0.15) is 0 Å². The molecule has 1 atom stereocenters. The summed E-state index contributed by atoms with van der Waals surface area (Å²) in [7, 11) is 0. The van der Waals surface area contributed by atoms with Crippen LogP contribution in [0.4, 0.5) is 13.2 Å². The molecule has 0 saturated heterocycles. The van der Waals surface area contributed by atoms with Crippen LogP contribution in [0, 0.1) is 6.92 Å². The standard InChI is InChI=1S/C12H16F3NO/c1-9-5-3-4-6-11(9)10(2)16-7-8-17-12(13,14)15/h3-6,10,16H,7-8H2,1-2H3. The smallest absolute Gasteiger partial charge is 0.308 e. The van der Waals surface area contributed by atoms with E-state index >= 15 is 0 Å². The molecule has 0 radical (unpaired) electrons. The van der Waals surface area contributed by atoms with Gasteiger partial charge in [-0.05, 0) is 25.0 Å². The quantitative estimate of drug-likeness (QED) is 0.807. The average Bonchev–Trinajstić information content (AvgIpc) is 2.23. The number of aryl methyl sites for hydroxylation is 1. The highest BCUT2D eigenvalue weighted by atomic mass is 19.4. The van der Waals surface area contributed by atoms with Crippen LogP contribution in [0.25, 0.3) is 0 Å². The van der Waals surface area contributed by atoms with Crippen LogP contribution in [0.1, 0.15) is 24.1 Å². The molecule has 1 rings (SSSR count). The summed E-state index contributed by atoms with van der Waals surface area (Å²) in [6, 6.07) is 7.77. The molecule has 17 heavy (non-hydrogen) atoms. The third-order valence-electron chi connectivity index (χ3n) is 2.47. The molecule has 0 fully saturated rings. The minimum Gasteiger partial charge on any atom is -0.308 e. The molecule has 0 bridgehead atoms. The Bertz CT molecular complexity index is 352. The number of nitrogens with one attached hydrogen (secondary N) is 1. The van der Waals surface area contributed by atoms with Gasteiger partial charge in [-0.25, -0.2) is 0 Å². The topological polar surface area (TPSA) is 21.3 Å². The highest BCUT2D eigenvalue weighted by molar-refractivity contribution is 5.28. The summed E-state index contributed by atoms with van der Waals surface area (Å²) >= 11 is 0. The van der Waals surface area contributed by atoms with Crippen LogP contribution in [0.3, 0.4) is 0 Å². The number of benzene rings is 1. The Kier molecular flexibility index (Phi) is 4.96. The minimum absolute atomic E-state index is 0.00744. The molecular formula is C12H16F3NO. The molecule has 0 spiro atoms. The Hall–Kier alpha value is -1.07. The van der Waals surface area contributed by atoms with Crippen molar-refractivity contribution >= 4 is 0 Å². The van der Waals surface area contributed by atoms with Gasteiger partial charge in [0.15, 0.2) is 0 Å². The van der Waals surface area contributed by atoms with Gasteiger partial charge < -0.3 is 5.32 Å². The lowest BCUT2D eigenvalue weighted by Crippen LogP contribution is -2.26. The molecule has 1 aromatic rings. The van der Waals surface area contributed by atoms with Gasteiger partial charge in [-0.15, -0.1) is 13.2 Å². The van der Waals surface area contributed by atoms with Crippen LogP contribution in [-0.2, 0) is 4.74 Å². The SMILES string of the molecule is Cc1ccccc1C(C)NCCOC(F)(F)F. The third-order valence-corrected chi connectivity index (χ3v) is 2.47. The Balaban J connectivity index is 2.36. The van der Waals surface area contributed by atoms with Crippen LogP contribution in [-0.4, -0.2) is 19.5 Å². The second-order valence-electron chi connectivity index (χ2n) is 3.83. The molecular weight excluding hydrogens is 231 g/mol. The molecule has 0 aromatic heterocycles. The van der Waals surface area contributed by atoms with E-state index in [1.807, 2.05) is 38.1 Å². The second-order valence-corrected chi connectivity index (χ2v) is 3.83. The zero-order chi connectivity index (χ0) is 12.9. The van der Waals surface area contributed by atoms with E-state index in [2.05, 4.69) is 10.1 Å². The first-order valence-electron chi connectivity index (χ1n) is 5.40. The molecule has 0 aliphatic carbocycles. The molecule has 0 amide bonds. The molecule has 96 valence electrons. The Labute approximate surface area is 98.8 Å². The lowest BCUT2D eigenvalue weighted by Gasteiger charge is -2.16. The van der Waals surface area contributed by atoms with Crippen LogP contribution in [0.2, 0.25) is 0 Å². The maximum Gasteiger partial charge on any atom is 0.522 e. The van der Waals surface area contributed by atoms with Crippen molar-refractivity contribution in [2.24, 2.45) is 0 Å². The molecule has 1 unspecified atom stereocenters. The summed E-state index contributed by atoms with van der Waals surface area (Å²) in [5.74, 6) is 0. The fraction of sp³-hybridized carbons (Fsp3) is 0.500. The molecule has 0 aliphatic rings. The van der Waals surface area contributed by atoms with Crippen LogP contribution in [0.15, 0.2) is 24.3 Å². The summed E-state index contributed by atoms with van der Waals surface area (Å²) in [4.78, 5) is 0. The van der Waals surface area contributed by atoms with E-state index in [-0.39, 0.29) is 19.2 Å². The van der Waals surface area contributed by atoms with Gasteiger partial charge in [0.1, 0.15) is 0 Å². The lowest BCUT2D eigenvalue weighted by atomic mass is 10.0. The van der Waals surface area contributed by atoms with Crippen molar-refractivity contribution < 1.29 is 17.9 Å². The van der Waals surface area contributed by atoms with Gasteiger partial charge in [0.2, 0.25) is 0 Å². The van der Waals surface area contributed by atoms with E-state index in [1.54, 1.807) is 0 Å². The van der Waals surface area contributed by atoms with E-state index in [0.717, 1.165) is 11.1 Å². The van der Waals surface area contributed by atoms with Crippen LogP contribution >= 0.6 is 0 Å². The highest BCUT2D eigenvalue weighted by Crippen LogP contribution is 2.17. The predicted octanol–water partition coefficient (Wildman–Crippen LogP) is 3.18. The van der Waals surface area contributed by atoms with Crippen molar-refractivity contribution in [1.29, 1.82) is 0 Å². The molecule has 0 heterocycles. The highest BCUT2D eigenvalue weighted by Gasteiger charge is 2.28. The van der Waals surface area contributed by atoms with E-state index in [9.17, 15) is 13.2 Å². The van der Waals surface area contributed by atoms with Crippen molar-refractivity contribution in [2.45, 2.75) is 26.3 Å². The number of ether oxygens (including phenoxy) is 1. The van der Waals surface area contributed by atoms with E-state index in [0.29, 0.717) is 0 Å². The maximum atomic E-state index is 11.7. The zero-order valence-electron chi connectivity index (χ0n) is 9.84. The first-order chi connectivity index (χ1) is 7.90. The van der Waals surface area contributed by atoms with E-state index in [1.165, 1.54) is 0 Å².